The molecule has 2 N–H and O–H groups in total. The number of aromatic nitrogens is 1. The van der Waals surface area contributed by atoms with Gasteiger partial charge in [0.1, 0.15) is 5.82 Å². The van der Waals surface area contributed by atoms with Gasteiger partial charge in [-0.05, 0) is 37.1 Å². The van der Waals surface area contributed by atoms with Crippen molar-refractivity contribution in [3.8, 4) is 11.1 Å². The normalized spacial score (nSPS) is 10.8. The van der Waals surface area contributed by atoms with Crippen LogP contribution in [-0.4, -0.2) is 4.98 Å². The van der Waals surface area contributed by atoms with E-state index in [1.807, 2.05) is 18.2 Å². The van der Waals surface area contributed by atoms with Gasteiger partial charge in [-0.3, -0.25) is 0 Å². The minimum Gasteiger partial charge on any atom is -0.383 e. The summed E-state index contributed by atoms with van der Waals surface area (Å²) in [5.74, 6) is 0.590. The number of pyridine rings is 1. The molecule has 3 rings (SSSR count). The van der Waals surface area contributed by atoms with Crippen molar-refractivity contribution in [3.05, 3.63) is 59.7 Å². The Balaban J connectivity index is 2.30. The van der Waals surface area contributed by atoms with Crippen molar-refractivity contribution in [2.75, 3.05) is 5.73 Å². The Bertz CT molecular complexity index is 760. The van der Waals surface area contributed by atoms with E-state index in [0.717, 1.165) is 22.0 Å². The second-order valence-electron chi connectivity index (χ2n) is 4.93. The molecule has 0 amide bonds. The Morgan fingerprint density at radius 2 is 1.68 bits per heavy atom. The molecule has 1 aromatic heterocycles. The van der Waals surface area contributed by atoms with Gasteiger partial charge in [0, 0.05) is 10.9 Å². The third-order valence-electron chi connectivity index (χ3n) is 3.44. The molecule has 3 aromatic rings. The van der Waals surface area contributed by atoms with E-state index >= 15 is 0 Å². The number of rotatable bonds is 1. The van der Waals surface area contributed by atoms with Crippen LogP contribution in [-0.2, 0) is 0 Å². The minimum atomic E-state index is 0.590. The van der Waals surface area contributed by atoms with Gasteiger partial charge in [-0.25, -0.2) is 4.98 Å². The van der Waals surface area contributed by atoms with Gasteiger partial charge in [0.15, 0.2) is 0 Å². The van der Waals surface area contributed by atoms with E-state index in [0.29, 0.717) is 5.82 Å². The second-order valence-corrected chi connectivity index (χ2v) is 4.93. The van der Waals surface area contributed by atoms with Gasteiger partial charge in [0.2, 0.25) is 0 Å². The quantitative estimate of drug-likeness (QED) is 0.704. The van der Waals surface area contributed by atoms with Crippen LogP contribution < -0.4 is 5.73 Å². The van der Waals surface area contributed by atoms with Gasteiger partial charge in [0.25, 0.3) is 0 Å². The van der Waals surface area contributed by atoms with Crippen LogP contribution in [0.15, 0.2) is 48.5 Å². The Labute approximate surface area is 112 Å². The van der Waals surface area contributed by atoms with Crippen LogP contribution in [0.25, 0.3) is 22.0 Å². The summed E-state index contributed by atoms with van der Waals surface area (Å²) in [4.78, 5) is 4.50. The molecule has 0 fully saturated rings. The highest BCUT2D eigenvalue weighted by atomic mass is 14.8. The molecule has 94 valence electrons. The summed E-state index contributed by atoms with van der Waals surface area (Å²) in [5.41, 5.74) is 11.7. The highest BCUT2D eigenvalue weighted by Gasteiger charge is 2.09. The molecule has 0 aliphatic rings. The largest absolute Gasteiger partial charge is 0.383 e. The van der Waals surface area contributed by atoms with Crippen molar-refractivity contribution in [2.24, 2.45) is 0 Å². The topological polar surface area (TPSA) is 38.9 Å². The molecule has 0 atom stereocenters. The van der Waals surface area contributed by atoms with E-state index in [4.69, 9.17) is 5.73 Å². The second kappa shape index (κ2) is 4.39. The number of para-hydroxylation sites is 1. The van der Waals surface area contributed by atoms with Crippen LogP contribution >= 0.6 is 0 Å². The number of benzene rings is 2. The summed E-state index contributed by atoms with van der Waals surface area (Å²) in [6.07, 6.45) is 0. The molecule has 0 saturated carbocycles. The van der Waals surface area contributed by atoms with Gasteiger partial charge in [-0.1, -0.05) is 42.0 Å². The summed E-state index contributed by atoms with van der Waals surface area (Å²) >= 11 is 0. The van der Waals surface area contributed by atoms with E-state index < -0.39 is 0 Å². The van der Waals surface area contributed by atoms with E-state index in [2.05, 4.69) is 49.2 Å². The average molecular weight is 248 g/mol. The molecule has 0 unspecified atom stereocenters. The molecule has 1 heterocycles. The van der Waals surface area contributed by atoms with Gasteiger partial charge >= 0.3 is 0 Å². The van der Waals surface area contributed by atoms with Crippen molar-refractivity contribution in [1.29, 1.82) is 0 Å². The van der Waals surface area contributed by atoms with Gasteiger partial charge in [-0.2, -0.15) is 0 Å². The molecule has 0 aliphatic heterocycles. The zero-order valence-corrected chi connectivity index (χ0v) is 11.1. The SMILES string of the molecule is Cc1ccc(C)c(-c2cc3ccccc3nc2N)c1. The molecule has 2 aromatic carbocycles. The van der Waals surface area contributed by atoms with Crippen molar-refractivity contribution in [3.63, 3.8) is 0 Å². The monoisotopic (exact) mass is 248 g/mol. The molecule has 0 bridgehead atoms. The third-order valence-corrected chi connectivity index (χ3v) is 3.44. The molecule has 2 nitrogen and oxygen atoms in total. The minimum absolute atomic E-state index is 0.590. The number of fused-ring (bicyclic) bond motifs is 1. The first kappa shape index (κ1) is 11.7. The van der Waals surface area contributed by atoms with Gasteiger partial charge < -0.3 is 5.73 Å². The van der Waals surface area contributed by atoms with E-state index in [-0.39, 0.29) is 0 Å². The molecular formula is C17H16N2. The molecular weight excluding hydrogens is 232 g/mol. The summed E-state index contributed by atoms with van der Waals surface area (Å²) in [6, 6.07) is 16.6. The first-order chi connectivity index (χ1) is 9.15. The van der Waals surface area contributed by atoms with Crippen LogP contribution in [0.3, 0.4) is 0 Å². The fourth-order valence-electron chi connectivity index (χ4n) is 2.37. The maximum Gasteiger partial charge on any atom is 0.132 e. The third kappa shape index (κ3) is 2.06. The van der Waals surface area contributed by atoms with Crippen molar-refractivity contribution in [2.45, 2.75) is 13.8 Å². The lowest BCUT2D eigenvalue weighted by atomic mass is 9.98. The van der Waals surface area contributed by atoms with Crippen LogP contribution in [0, 0.1) is 13.8 Å². The lowest BCUT2D eigenvalue weighted by molar-refractivity contribution is 1.36. The molecule has 0 spiro atoms. The zero-order chi connectivity index (χ0) is 13.4. The van der Waals surface area contributed by atoms with Crippen LogP contribution in [0.1, 0.15) is 11.1 Å². The van der Waals surface area contributed by atoms with E-state index in [1.165, 1.54) is 11.1 Å². The Kier molecular flexibility index (Phi) is 2.71. The fourth-order valence-corrected chi connectivity index (χ4v) is 2.37. The first-order valence-corrected chi connectivity index (χ1v) is 6.38. The van der Waals surface area contributed by atoms with Crippen molar-refractivity contribution < 1.29 is 0 Å². The predicted molar refractivity (Wildman–Crippen MR) is 81.1 cm³/mol. The molecule has 0 saturated heterocycles. The number of anilines is 1. The fraction of sp³-hybridized carbons (Fsp3) is 0.118. The number of nitrogens with zero attached hydrogens (tertiary/aromatic N) is 1. The van der Waals surface area contributed by atoms with Gasteiger partial charge in [-0.15, -0.1) is 0 Å². The summed E-state index contributed by atoms with van der Waals surface area (Å²) in [5, 5.41) is 1.12. The van der Waals surface area contributed by atoms with Crippen LogP contribution in [0.2, 0.25) is 0 Å². The first-order valence-electron chi connectivity index (χ1n) is 6.38. The smallest absolute Gasteiger partial charge is 0.132 e. The van der Waals surface area contributed by atoms with Crippen LogP contribution in [0.5, 0.6) is 0 Å². The number of hydrogen-bond acceptors (Lipinski definition) is 2. The average Bonchev–Trinajstić information content (AvgIpc) is 2.41. The number of aryl methyl sites for hydroxylation is 2. The Hall–Kier alpha value is -2.35. The Morgan fingerprint density at radius 3 is 2.53 bits per heavy atom. The van der Waals surface area contributed by atoms with Gasteiger partial charge in [0.05, 0.1) is 5.52 Å². The maximum absolute atomic E-state index is 6.13. The van der Waals surface area contributed by atoms with Crippen LogP contribution in [0.4, 0.5) is 5.82 Å². The van der Waals surface area contributed by atoms with Crippen molar-refractivity contribution >= 4 is 16.7 Å². The zero-order valence-electron chi connectivity index (χ0n) is 11.1. The van der Waals surface area contributed by atoms with Crippen molar-refractivity contribution in [1.82, 2.24) is 4.98 Å². The standard InChI is InChI=1S/C17H16N2/c1-11-7-8-12(2)14(9-11)15-10-13-5-3-4-6-16(13)19-17(15)18/h3-10H,1-2H3,(H2,18,19). The van der Waals surface area contributed by atoms with E-state index in [9.17, 15) is 0 Å². The summed E-state index contributed by atoms with van der Waals surface area (Å²) in [7, 11) is 0. The Morgan fingerprint density at radius 1 is 0.895 bits per heavy atom. The number of hydrogen-bond donors (Lipinski definition) is 1. The lowest BCUT2D eigenvalue weighted by Crippen LogP contribution is -1.96. The number of nitrogens with two attached hydrogens (primary N) is 1. The molecule has 2 heteroatoms. The highest BCUT2D eigenvalue weighted by molar-refractivity contribution is 5.89. The predicted octanol–water partition coefficient (Wildman–Crippen LogP) is 4.10. The maximum atomic E-state index is 6.13. The molecule has 0 aliphatic carbocycles. The summed E-state index contributed by atoms with van der Waals surface area (Å²) < 4.78 is 0. The molecule has 0 radical (unpaired) electrons. The lowest BCUT2D eigenvalue weighted by Gasteiger charge is -2.11. The summed E-state index contributed by atoms with van der Waals surface area (Å²) in [6.45, 7) is 4.19. The molecule has 19 heavy (non-hydrogen) atoms. The highest BCUT2D eigenvalue weighted by Crippen LogP contribution is 2.31. The van der Waals surface area contributed by atoms with E-state index in [1.54, 1.807) is 0 Å². The number of nitrogen functional groups attached to an aromatic ring is 1.